The molecule has 0 spiro atoms. The van der Waals surface area contributed by atoms with Crippen molar-refractivity contribution in [1.29, 1.82) is 0 Å². The van der Waals surface area contributed by atoms with Gasteiger partial charge in [-0.25, -0.2) is 0 Å². The molecule has 0 saturated heterocycles. The lowest BCUT2D eigenvalue weighted by Crippen LogP contribution is -1.79. The average Bonchev–Trinajstić information content (AvgIpc) is 3.03. The van der Waals surface area contributed by atoms with Crippen molar-refractivity contribution >= 4 is 0 Å². The van der Waals surface area contributed by atoms with Gasteiger partial charge in [0, 0.05) is 41.6 Å². The Morgan fingerprint density at radius 3 is 2.24 bits per heavy atom. The molecule has 0 bridgehead atoms. The molecule has 0 unspecified atom stereocenters. The maximum Gasteiger partial charge on any atom is 0.137 e. The fraction of sp³-hybridized carbons (Fsp3) is 0.111. The minimum absolute atomic E-state index is 0.850. The Morgan fingerprint density at radius 2 is 1.62 bits per heavy atom. The molecule has 0 aliphatic carbocycles. The van der Waals surface area contributed by atoms with E-state index in [4.69, 9.17) is 4.52 Å². The molecule has 3 nitrogen and oxygen atoms in total. The van der Waals surface area contributed by atoms with E-state index in [9.17, 15) is 0 Å². The lowest BCUT2D eigenvalue weighted by Gasteiger charge is -1.95. The van der Waals surface area contributed by atoms with Crippen LogP contribution in [0.5, 0.6) is 0 Å². The van der Waals surface area contributed by atoms with Crippen molar-refractivity contribution < 1.29 is 4.52 Å². The van der Waals surface area contributed by atoms with Crippen LogP contribution in [0.3, 0.4) is 0 Å². The van der Waals surface area contributed by atoms with Crippen molar-refractivity contribution in [2.45, 2.75) is 13.3 Å². The largest absolute Gasteiger partial charge is 0.361 e. The smallest absolute Gasteiger partial charge is 0.137 e. The highest BCUT2D eigenvalue weighted by Crippen LogP contribution is 2.19. The molecular formula is C18H14N2O. The predicted molar refractivity (Wildman–Crippen MR) is 81.5 cm³/mol. The molecule has 21 heavy (non-hydrogen) atoms. The Morgan fingerprint density at radius 1 is 0.952 bits per heavy atom. The molecule has 2 aromatic heterocycles. The van der Waals surface area contributed by atoms with Gasteiger partial charge in [0.05, 0.1) is 0 Å². The first-order chi connectivity index (χ1) is 10.3. The zero-order valence-electron chi connectivity index (χ0n) is 11.7. The molecule has 3 rings (SSSR count). The normalized spacial score (nSPS) is 9.95. The molecule has 2 heterocycles. The van der Waals surface area contributed by atoms with Crippen molar-refractivity contribution in [2.24, 2.45) is 0 Å². The third-order valence-electron chi connectivity index (χ3n) is 3.12. The van der Waals surface area contributed by atoms with Gasteiger partial charge in [0.15, 0.2) is 0 Å². The molecule has 0 fully saturated rings. The second kappa shape index (κ2) is 6.06. The number of rotatable bonds is 2. The lowest BCUT2D eigenvalue weighted by molar-refractivity contribution is 0.389. The van der Waals surface area contributed by atoms with Gasteiger partial charge in [-0.2, -0.15) is 0 Å². The quantitative estimate of drug-likeness (QED) is 0.669. The summed E-state index contributed by atoms with van der Waals surface area (Å²) in [7, 11) is 0. The van der Waals surface area contributed by atoms with Gasteiger partial charge in [0.1, 0.15) is 11.5 Å². The fourth-order valence-corrected chi connectivity index (χ4v) is 1.92. The topological polar surface area (TPSA) is 38.9 Å². The summed E-state index contributed by atoms with van der Waals surface area (Å²) in [5.74, 6) is 7.14. The van der Waals surface area contributed by atoms with Crippen molar-refractivity contribution in [3.05, 3.63) is 71.7 Å². The van der Waals surface area contributed by atoms with Crippen LogP contribution in [0.1, 0.15) is 23.8 Å². The summed E-state index contributed by atoms with van der Waals surface area (Å²) in [6.45, 7) is 2.04. The maximum atomic E-state index is 5.22. The summed E-state index contributed by atoms with van der Waals surface area (Å²) in [4.78, 5) is 3.97. The SMILES string of the molecule is CCc1cc(-c2ccc(C#Cc3ccncc3)cc2)no1. The first-order valence-electron chi connectivity index (χ1n) is 6.83. The average molecular weight is 274 g/mol. The maximum absolute atomic E-state index is 5.22. The third kappa shape index (κ3) is 3.18. The van der Waals surface area contributed by atoms with E-state index in [1.54, 1.807) is 12.4 Å². The van der Waals surface area contributed by atoms with Crippen LogP contribution >= 0.6 is 0 Å². The van der Waals surface area contributed by atoms with Crippen LogP contribution in [0, 0.1) is 11.8 Å². The van der Waals surface area contributed by atoms with Crippen LogP contribution in [0.2, 0.25) is 0 Å². The molecule has 0 aliphatic heterocycles. The summed E-state index contributed by atoms with van der Waals surface area (Å²) in [6.07, 6.45) is 4.33. The van der Waals surface area contributed by atoms with Gasteiger partial charge in [0.25, 0.3) is 0 Å². The van der Waals surface area contributed by atoms with Crippen LogP contribution in [-0.4, -0.2) is 10.1 Å². The first-order valence-corrected chi connectivity index (χ1v) is 6.83. The van der Waals surface area contributed by atoms with Crippen LogP contribution in [0.4, 0.5) is 0 Å². The Labute approximate surface area is 123 Å². The van der Waals surface area contributed by atoms with E-state index in [1.807, 2.05) is 49.4 Å². The minimum Gasteiger partial charge on any atom is -0.361 e. The van der Waals surface area contributed by atoms with E-state index in [0.29, 0.717) is 0 Å². The number of nitrogens with zero attached hydrogens (tertiary/aromatic N) is 2. The molecule has 0 atom stereocenters. The standard InChI is InChI=1S/C18H14N2O/c1-2-17-13-18(20-21-17)16-7-5-14(6-8-16)3-4-15-9-11-19-12-10-15/h5-13H,2H2,1H3. The summed E-state index contributed by atoms with van der Waals surface area (Å²) in [5, 5.41) is 4.06. The Hall–Kier alpha value is -2.86. The second-order valence-corrected chi connectivity index (χ2v) is 4.60. The molecule has 0 N–H and O–H groups in total. The van der Waals surface area contributed by atoms with E-state index in [2.05, 4.69) is 22.0 Å². The molecule has 3 aromatic rings. The van der Waals surface area contributed by atoms with Crippen LogP contribution in [-0.2, 0) is 6.42 Å². The highest BCUT2D eigenvalue weighted by atomic mass is 16.5. The van der Waals surface area contributed by atoms with Gasteiger partial charge >= 0.3 is 0 Å². The van der Waals surface area contributed by atoms with Crippen LogP contribution in [0.15, 0.2) is 59.4 Å². The van der Waals surface area contributed by atoms with E-state index >= 15 is 0 Å². The van der Waals surface area contributed by atoms with Crippen molar-refractivity contribution in [3.63, 3.8) is 0 Å². The summed E-state index contributed by atoms with van der Waals surface area (Å²) >= 11 is 0. The zero-order chi connectivity index (χ0) is 14.5. The number of pyridine rings is 1. The lowest BCUT2D eigenvalue weighted by atomic mass is 10.1. The van der Waals surface area contributed by atoms with Gasteiger partial charge in [-0.1, -0.05) is 36.1 Å². The number of benzene rings is 1. The molecule has 0 saturated carbocycles. The molecule has 0 aliphatic rings. The number of aromatic nitrogens is 2. The highest BCUT2D eigenvalue weighted by Gasteiger charge is 2.04. The first kappa shape index (κ1) is 13.1. The van der Waals surface area contributed by atoms with Crippen LogP contribution in [0.25, 0.3) is 11.3 Å². The van der Waals surface area contributed by atoms with E-state index in [-0.39, 0.29) is 0 Å². The fourth-order valence-electron chi connectivity index (χ4n) is 1.92. The molecule has 0 amide bonds. The third-order valence-corrected chi connectivity index (χ3v) is 3.12. The number of aryl methyl sites for hydroxylation is 1. The van der Waals surface area contributed by atoms with Gasteiger partial charge in [0.2, 0.25) is 0 Å². The van der Waals surface area contributed by atoms with Crippen LogP contribution < -0.4 is 0 Å². The Kier molecular flexibility index (Phi) is 3.79. The minimum atomic E-state index is 0.850. The monoisotopic (exact) mass is 274 g/mol. The second-order valence-electron chi connectivity index (χ2n) is 4.60. The predicted octanol–water partition coefficient (Wildman–Crippen LogP) is 3.70. The summed E-state index contributed by atoms with van der Waals surface area (Å²) in [6, 6.07) is 13.7. The number of hydrogen-bond donors (Lipinski definition) is 0. The molecular weight excluding hydrogens is 260 g/mol. The van der Waals surface area contributed by atoms with Gasteiger partial charge in [-0.05, 0) is 24.3 Å². The molecule has 1 aromatic carbocycles. The van der Waals surface area contributed by atoms with Crippen molar-refractivity contribution in [2.75, 3.05) is 0 Å². The summed E-state index contributed by atoms with van der Waals surface area (Å²) < 4.78 is 5.22. The zero-order valence-corrected chi connectivity index (χ0v) is 11.7. The summed E-state index contributed by atoms with van der Waals surface area (Å²) in [5.41, 5.74) is 3.82. The van der Waals surface area contributed by atoms with Gasteiger partial charge in [-0.3, -0.25) is 4.98 Å². The Bertz CT molecular complexity index is 777. The van der Waals surface area contributed by atoms with E-state index < -0.39 is 0 Å². The number of hydrogen-bond acceptors (Lipinski definition) is 3. The van der Waals surface area contributed by atoms with E-state index in [1.165, 1.54) is 0 Å². The molecule has 102 valence electrons. The highest BCUT2D eigenvalue weighted by molar-refractivity contribution is 5.60. The molecule has 3 heteroatoms. The van der Waals surface area contributed by atoms with Gasteiger partial charge in [-0.15, -0.1) is 0 Å². The van der Waals surface area contributed by atoms with Crippen molar-refractivity contribution in [1.82, 2.24) is 10.1 Å². The van der Waals surface area contributed by atoms with Gasteiger partial charge < -0.3 is 4.52 Å². The Balaban J connectivity index is 1.80. The molecule has 0 radical (unpaired) electrons. The van der Waals surface area contributed by atoms with E-state index in [0.717, 1.165) is 34.6 Å². The van der Waals surface area contributed by atoms with Crippen molar-refractivity contribution in [3.8, 4) is 23.1 Å².